The van der Waals surface area contributed by atoms with Gasteiger partial charge in [0, 0.05) is 25.2 Å². The molecule has 0 amide bonds. The summed E-state index contributed by atoms with van der Waals surface area (Å²) in [5, 5.41) is 29.3. The Morgan fingerprint density at radius 3 is 2.59 bits per heavy atom. The second-order valence-electron chi connectivity index (χ2n) is 9.16. The van der Waals surface area contributed by atoms with Crippen molar-refractivity contribution in [2.24, 2.45) is 13.0 Å². The van der Waals surface area contributed by atoms with Crippen LogP contribution in [0.15, 0.2) is 55.1 Å². The smallest absolute Gasteiger partial charge is 0.184 e. The van der Waals surface area contributed by atoms with E-state index in [0.29, 0.717) is 51.5 Å². The summed E-state index contributed by atoms with van der Waals surface area (Å²) in [5.41, 5.74) is 2.43. The number of nitrogens with zero attached hydrogens (tertiary/aromatic N) is 5. The molecule has 0 spiro atoms. The molecule has 12 heteroatoms. The lowest BCUT2D eigenvalue weighted by atomic mass is 10.1. The first kappa shape index (κ1) is 26.1. The van der Waals surface area contributed by atoms with Gasteiger partial charge in [-0.2, -0.15) is 5.10 Å². The highest BCUT2D eigenvalue weighted by Gasteiger charge is 2.32. The van der Waals surface area contributed by atoms with Crippen molar-refractivity contribution in [3.8, 4) is 22.9 Å². The van der Waals surface area contributed by atoms with Crippen LogP contribution in [0.3, 0.4) is 0 Å². The van der Waals surface area contributed by atoms with Crippen LogP contribution in [-0.4, -0.2) is 67.2 Å². The van der Waals surface area contributed by atoms with E-state index in [1.807, 2.05) is 18.2 Å². The van der Waals surface area contributed by atoms with Crippen molar-refractivity contribution in [2.75, 3.05) is 31.0 Å². The van der Waals surface area contributed by atoms with Gasteiger partial charge in [0.2, 0.25) is 0 Å². The zero-order valence-electron chi connectivity index (χ0n) is 21.5. The van der Waals surface area contributed by atoms with E-state index in [1.54, 1.807) is 49.6 Å². The number of Topliss-reactive ketones (excluding diaryl/α,β-unsaturated/α-hetero) is 1. The van der Waals surface area contributed by atoms with Crippen LogP contribution in [0.25, 0.3) is 11.4 Å². The van der Waals surface area contributed by atoms with Crippen LogP contribution in [0, 0.1) is 5.92 Å². The van der Waals surface area contributed by atoms with Crippen LogP contribution < -0.4 is 20.1 Å². The summed E-state index contributed by atoms with van der Waals surface area (Å²) >= 11 is 0. The molecule has 0 unspecified atom stereocenters. The van der Waals surface area contributed by atoms with Crippen molar-refractivity contribution in [1.29, 1.82) is 0 Å². The van der Waals surface area contributed by atoms with E-state index in [-0.39, 0.29) is 24.9 Å². The monoisotopic (exact) mass is 531 g/mol. The zero-order valence-corrected chi connectivity index (χ0v) is 21.5. The lowest BCUT2D eigenvalue weighted by molar-refractivity contribution is 0.0535. The molecule has 1 atom stereocenters. The number of methoxy groups -OCH3 is 1. The van der Waals surface area contributed by atoms with Gasteiger partial charge in [-0.15, -0.1) is 0 Å². The maximum atomic E-state index is 13.1. The number of anilines is 4. The number of nitrogens with one attached hydrogen (secondary N) is 2. The van der Waals surface area contributed by atoms with Crippen LogP contribution in [-0.2, 0) is 7.05 Å². The fraction of sp³-hybridized carbons (Fsp3) is 0.296. The Morgan fingerprint density at radius 2 is 1.92 bits per heavy atom. The minimum atomic E-state index is -0.964. The van der Waals surface area contributed by atoms with Gasteiger partial charge in [0.05, 0.1) is 42.4 Å². The van der Waals surface area contributed by atoms with Crippen molar-refractivity contribution in [2.45, 2.75) is 18.9 Å². The summed E-state index contributed by atoms with van der Waals surface area (Å²) in [6.45, 7) is -0.427. The predicted octanol–water partition coefficient (Wildman–Crippen LogP) is 3.09. The second kappa shape index (κ2) is 11.5. The Balaban J connectivity index is 1.42. The molecule has 0 saturated heterocycles. The molecule has 0 aliphatic heterocycles. The van der Waals surface area contributed by atoms with E-state index in [1.165, 1.54) is 6.20 Å². The molecule has 202 valence electrons. The van der Waals surface area contributed by atoms with Gasteiger partial charge in [-0.3, -0.25) is 9.48 Å². The predicted molar refractivity (Wildman–Crippen MR) is 144 cm³/mol. The fourth-order valence-corrected chi connectivity index (χ4v) is 3.94. The molecule has 3 heterocycles. The molecule has 4 aromatic rings. The van der Waals surface area contributed by atoms with Crippen LogP contribution in [0.1, 0.15) is 23.2 Å². The Hall–Kier alpha value is -4.55. The molecule has 1 fully saturated rings. The summed E-state index contributed by atoms with van der Waals surface area (Å²) < 4.78 is 12.7. The molecule has 0 bridgehead atoms. The molecule has 4 N–H and O–H groups in total. The highest BCUT2D eigenvalue weighted by Crippen LogP contribution is 2.39. The molecule has 0 radical (unpaired) electrons. The van der Waals surface area contributed by atoms with Gasteiger partial charge in [-0.05, 0) is 37.1 Å². The number of ether oxygens (including phenoxy) is 2. The molecule has 3 aromatic heterocycles. The number of para-hydroxylation sites is 1. The molecule has 1 aromatic carbocycles. The van der Waals surface area contributed by atoms with Gasteiger partial charge in [0.15, 0.2) is 17.4 Å². The van der Waals surface area contributed by atoms with Gasteiger partial charge in [0.25, 0.3) is 0 Å². The largest absolute Gasteiger partial charge is 0.494 e. The van der Waals surface area contributed by atoms with Crippen molar-refractivity contribution in [3.63, 3.8) is 0 Å². The van der Waals surface area contributed by atoms with Gasteiger partial charge < -0.3 is 30.3 Å². The van der Waals surface area contributed by atoms with Crippen molar-refractivity contribution < 1.29 is 24.5 Å². The molecule has 39 heavy (non-hydrogen) atoms. The summed E-state index contributed by atoms with van der Waals surface area (Å²) in [7, 11) is 3.37. The number of pyridine rings is 2. The molecule has 1 saturated carbocycles. The third-order valence-corrected chi connectivity index (χ3v) is 6.09. The van der Waals surface area contributed by atoms with E-state index in [0.717, 1.165) is 12.8 Å². The topological polar surface area (TPSA) is 157 Å². The van der Waals surface area contributed by atoms with Crippen LogP contribution in [0.4, 0.5) is 23.0 Å². The Kier molecular flexibility index (Phi) is 7.66. The Bertz CT molecular complexity index is 1450. The number of aliphatic hydroxyl groups excluding tert-OH is 2. The highest BCUT2D eigenvalue weighted by atomic mass is 16.5. The number of hydrogen-bond acceptors (Lipinski definition) is 11. The van der Waals surface area contributed by atoms with Crippen LogP contribution in [0.5, 0.6) is 11.5 Å². The van der Waals surface area contributed by atoms with Crippen molar-refractivity contribution in [1.82, 2.24) is 24.7 Å². The molecule has 5 rings (SSSR count). The summed E-state index contributed by atoms with van der Waals surface area (Å²) in [5.74, 6) is 2.55. The minimum absolute atomic E-state index is 0.00988. The summed E-state index contributed by atoms with van der Waals surface area (Å²) in [6, 6.07) is 10.7. The van der Waals surface area contributed by atoms with Crippen molar-refractivity contribution in [3.05, 3.63) is 60.7 Å². The van der Waals surface area contributed by atoms with Crippen molar-refractivity contribution >= 4 is 28.8 Å². The summed E-state index contributed by atoms with van der Waals surface area (Å²) in [6.07, 6.45) is 5.46. The van der Waals surface area contributed by atoms with E-state index >= 15 is 0 Å². The Labute approximate surface area is 224 Å². The number of carbonyl (C=O) groups excluding carboxylic acids is 1. The number of rotatable bonds is 12. The van der Waals surface area contributed by atoms with Gasteiger partial charge in [-0.25, -0.2) is 15.0 Å². The average molecular weight is 532 g/mol. The number of hydrogen-bond donors (Lipinski definition) is 4. The van der Waals surface area contributed by atoms with Gasteiger partial charge >= 0.3 is 0 Å². The second-order valence-corrected chi connectivity index (χ2v) is 9.16. The summed E-state index contributed by atoms with van der Waals surface area (Å²) in [4.78, 5) is 26.2. The zero-order chi connectivity index (χ0) is 27.4. The molecule has 1 aliphatic carbocycles. The SMILES string of the molecule is COc1c(Nc2cc(Nc3ccc(OC[C@@H](O)CO)cn3)ncc2C(=O)C2CC2)cccc1-c1ncn(C)n1. The maximum Gasteiger partial charge on any atom is 0.184 e. The highest BCUT2D eigenvalue weighted by molar-refractivity contribution is 6.04. The molecule has 12 nitrogen and oxygen atoms in total. The van der Waals surface area contributed by atoms with Crippen LogP contribution in [0.2, 0.25) is 0 Å². The number of ketones is 1. The number of aliphatic hydroxyl groups is 2. The normalized spacial score (nSPS) is 13.5. The van der Waals surface area contributed by atoms with Gasteiger partial charge in [-0.1, -0.05) is 6.07 Å². The average Bonchev–Trinajstić information content (AvgIpc) is 3.72. The quantitative estimate of drug-likeness (QED) is 0.199. The van der Waals surface area contributed by atoms with E-state index in [9.17, 15) is 9.90 Å². The first-order valence-corrected chi connectivity index (χ1v) is 12.4. The third-order valence-electron chi connectivity index (χ3n) is 6.09. The fourth-order valence-electron chi connectivity index (χ4n) is 3.94. The lowest BCUT2D eigenvalue weighted by Gasteiger charge is -2.17. The standard InChI is InChI=1S/C27H29N7O5/c1-34-15-30-27(33-34)19-4-3-5-21(26(19)38-2)31-22-10-24(29-12-20(22)25(37)16-6-7-16)32-23-9-8-18(11-28-23)39-14-17(36)13-35/h3-5,8-12,15-17,35-36H,6-7,13-14H2,1-2H3,(H2,28,29,31,32)/t17-/m0/s1. The molecular formula is C27H29N7O5. The number of aryl methyl sites for hydroxylation is 1. The van der Waals surface area contributed by atoms with E-state index in [4.69, 9.17) is 14.6 Å². The molecular weight excluding hydrogens is 502 g/mol. The first-order chi connectivity index (χ1) is 18.9. The van der Waals surface area contributed by atoms with E-state index in [2.05, 4.69) is 30.7 Å². The minimum Gasteiger partial charge on any atom is -0.494 e. The lowest BCUT2D eigenvalue weighted by Crippen LogP contribution is -2.21. The van der Waals surface area contributed by atoms with E-state index < -0.39 is 6.10 Å². The number of carbonyl (C=O) groups is 1. The Morgan fingerprint density at radius 1 is 1.10 bits per heavy atom. The third kappa shape index (κ3) is 6.13. The van der Waals surface area contributed by atoms with Crippen LogP contribution >= 0.6 is 0 Å². The number of benzene rings is 1. The maximum absolute atomic E-state index is 13.1. The number of aromatic nitrogens is 5. The molecule has 1 aliphatic rings. The first-order valence-electron chi connectivity index (χ1n) is 12.4. The van der Waals surface area contributed by atoms with Gasteiger partial charge in [0.1, 0.15) is 36.4 Å².